The fourth-order valence-corrected chi connectivity index (χ4v) is 1.14. The van der Waals surface area contributed by atoms with Gasteiger partial charge in [0.25, 0.3) is 0 Å². The van der Waals surface area contributed by atoms with Gasteiger partial charge in [0.1, 0.15) is 0 Å². The number of nitrogens with one attached hydrogen (secondary N) is 1. The van der Waals surface area contributed by atoms with E-state index < -0.39 is 0 Å². The van der Waals surface area contributed by atoms with Gasteiger partial charge in [-0.2, -0.15) is 5.26 Å². The van der Waals surface area contributed by atoms with Gasteiger partial charge in [-0.3, -0.25) is 5.32 Å². The molecule has 1 N–H and O–H groups in total. The third-order valence-electron chi connectivity index (χ3n) is 2.05. The van der Waals surface area contributed by atoms with Crippen molar-refractivity contribution < 1.29 is 0 Å². The van der Waals surface area contributed by atoms with Crippen LogP contribution in [0.15, 0.2) is 0 Å². The summed E-state index contributed by atoms with van der Waals surface area (Å²) in [5, 5.41) is 11.4. The Hall–Kier alpha value is -0.550. The van der Waals surface area contributed by atoms with E-state index in [2.05, 4.69) is 18.3 Å². The Balaban J connectivity index is 2.19. The highest BCUT2D eigenvalue weighted by atomic mass is 15.0. The van der Waals surface area contributed by atoms with Crippen LogP contribution in [0.25, 0.3) is 0 Å². The number of hydrogen-bond donors (Lipinski definition) is 1. The summed E-state index contributed by atoms with van der Waals surface area (Å²) in [6, 6.07) is 2.08. The first-order valence-corrected chi connectivity index (χ1v) is 3.39. The van der Waals surface area contributed by atoms with Crippen molar-refractivity contribution >= 4 is 0 Å². The van der Waals surface area contributed by atoms with Crippen LogP contribution in [0, 0.1) is 11.3 Å². The van der Waals surface area contributed by atoms with E-state index in [1.54, 1.807) is 0 Å². The molecule has 9 heavy (non-hydrogen) atoms. The van der Waals surface area contributed by atoms with Crippen LogP contribution in [-0.4, -0.2) is 12.1 Å². The minimum atomic E-state index is 0.301. The monoisotopic (exact) mass is 124 g/mol. The summed E-state index contributed by atoms with van der Waals surface area (Å²) in [5.74, 6) is 0. The Morgan fingerprint density at radius 3 is 2.67 bits per heavy atom. The fraction of sp³-hybridized carbons (Fsp3) is 0.857. The Kier molecular flexibility index (Phi) is 1.73. The second-order valence-electron chi connectivity index (χ2n) is 2.93. The lowest BCUT2D eigenvalue weighted by atomic mass is 9.79. The van der Waals surface area contributed by atoms with E-state index in [0.29, 0.717) is 12.1 Å². The first-order valence-electron chi connectivity index (χ1n) is 3.39. The van der Waals surface area contributed by atoms with Gasteiger partial charge in [-0.25, -0.2) is 0 Å². The van der Waals surface area contributed by atoms with E-state index in [4.69, 9.17) is 5.26 Å². The molecule has 0 amide bonds. The highest BCUT2D eigenvalue weighted by Crippen LogP contribution is 2.30. The molecule has 0 unspecified atom stereocenters. The molecule has 0 bridgehead atoms. The zero-order valence-corrected chi connectivity index (χ0v) is 5.78. The number of hydrogen-bond acceptors (Lipinski definition) is 2. The molecular weight excluding hydrogens is 112 g/mol. The minimum Gasteiger partial charge on any atom is -0.299 e. The molecule has 1 aliphatic carbocycles. The highest BCUT2D eigenvalue weighted by Gasteiger charge is 2.30. The lowest BCUT2D eigenvalue weighted by molar-refractivity contribution is 0.218. The lowest BCUT2D eigenvalue weighted by Gasteiger charge is -2.38. The first kappa shape index (κ1) is 6.57. The van der Waals surface area contributed by atoms with Gasteiger partial charge in [0.05, 0.1) is 12.6 Å². The van der Waals surface area contributed by atoms with Crippen molar-refractivity contribution in [2.75, 3.05) is 6.54 Å². The van der Waals surface area contributed by atoms with Crippen molar-refractivity contribution in [3.8, 4) is 6.07 Å². The van der Waals surface area contributed by atoms with Crippen molar-refractivity contribution in [1.29, 1.82) is 5.26 Å². The van der Waals surface area contributed by atoms with Crippen molar-refractivity contribution in [2.24, 2.45) is 0 Å². The summed E-state index contributed by atoms with van der Waals surface area (Å²) in [6.07, 6.45) is 3.78. The molecule has 1 rings (SSSR count). The molecule has 50 valence electrons. The topological polar surface area (TPSA) is 35.8 Å². The van der Waals surface area contributed by atoms with E-state index in [9.17, 15) is 0 Å². The minimum absolute atomic E-state index is 0.301. The van der Waals surface area contributed by atoms with Gasteiger partial charge >= 0.3 is 0 Å². The van der Waals surface area contributed by atoms with Gasteiger partial charge in [-0.1, -0.05) is 0 Å². The summed E-state index contributed by atoms with van der Waals surface area (Å²) in [4.78, 5) is 0. The largest absolute Gasteiger partial charge is 0.299 e. The molecule has 0 atom stereocenters. The Morgan fingerprint density at radius 2 is 2.33 bits per heavy atom. The van der Waals surface area contributed by atoms with Crippen LogP contribution in [0.2, 0.25) is 0 Å². The SMILES string of the molecule is CC1(NCC#N)CCC1. The van der Waals surface area contributed by atoms with Crippen molar-refractivity contribution in [2.45, 2.75) is 31.7 Å². The van der Waals surface area contributed by atoms with E-state index in [0.717, 1.165) is 0 Å². The van der Waals surface area contributed by atoms with Crippen LogP contribution < -0.4 is 5.32 Å². The molecule has 0 aliphatic heterocycles. The molecule has 2 nitrogen and oxygen atoms in total. The average molecular weight is 124 g/mol. The molecule has 0 aromatic heterocycles. The molecular formula is C7H12N2. The van der Waals surface area contributed by atoms with Crippen LogP contribution in [0.3, 0.4) is 0 Å². The molecule has 0 aromatic carbocycles. The van der Waals surface area contributed by atoms with Crippen molar-refractivity contribution in [1.82, 2.24) is 5.32 Å². The van der Waals surface area contributed by atoms with Crippen LogP contribution in [0.4, 0.5) is 0 Å². The summed E-state index contributed by atoms with van der Waals surface area (Å²) in [6.45, 7) is 2.67. The molecule has 0 spiro atoms. The second-order valence-corrected chi connectivity index (χ2v) is 2.93. The van der Waals surface area contributed by atoms with Crippen LogP contribution in [-0.2, 0) is 0 Å². The van der Waals surface area contributed by atoms with Crippen LogP contribution in [0.1, 0.15) is 26.2 Å². The maximum Gasteiger partial charge on any atom is 0.0845 e. The number of rotatable bonds is 2. The smallest absolute Gasteiger partial charge is 0.0845 e. The molecule has 1 aliphatic rings. The zero-order chi connectivity index (χ0) is 6.74. The van der Waals surface area contributed by atoms with Crippen LogP contribution >= 0.6 is 0 Å². The molecule has 0 radical (unpaired) electrons. The Morgan fingerprint density at radius 1 is 1.67 bits per heavy atom. The summed E-state index contributed by atoms with van der Waals surface area (Å²) in [5.41, 5.74) is 0.301. The molecule has 2 heteroatoms. The van der Waals surface area contributed by atoms with Crippen molar-refractivity contribution in [3.05, 3.63) is 0 Å². The second kappa shape index (κ2) is 2.36. The van der Waals surface area contributed by atoms with E-state index in [1.807, 2.05) is 0 Å². The quantitative estimate of drug-likeness (QED) is 0.558. The standard InChI is InChI=1S/C7H12N2/c1-7(3-2-4-7)9-6-5-8/h9H,2-4,6H2,1H3. The predicted octanol–water partition coefficient (Wildman–Crippen LogP) is 1.04. The van der Waals surface area contributed by atoms with Gasteiger partial charge in [-0.05, 0) is 26.2 Å². The Bertz CT molecular complexity index is 130. The summed E-state index contributed by atoms with van der Waals surface area (Å²) in [7, 11) is 0. The first-order chi connectivity index (χ1) is 4.27. The number of nitrogens with zero attached hydrogens (tertiary/aromatic N) is 1. The molecule has 1 saturated carbocycles. The third-order valence-corrected chi connectivity index (χ3v) is 2.05. The van der Waals surface area contributed by atoms with Gasteiger partial charge < -0.3 is 0 Å². The predicted molar refractivity (Wildman–Crippen MR) is 35.9 cm³/mol. The summed E-state index contributed by atoms with van der Waals surface area (Å²) < 4.78 is 0. The average Bonchev–Trinajstić information content (AvgIpc) is 1.79. The summed E-state index contributed by atoms with van der Waals surface area (Å²) >= 11 is 0. The third kappa shape index (κ3) is 1.43. The molecule has 0 aromatic rings. The number of nitriles is 1. The van der Waals surface area contributed by atoms with Crippen LogP contribution in [0.5, 0.6) is 0 Å². The van der Waals surface area contributed by atoms with Gasteiger partial charge in [0.15, 0.2) is 0 Å². The Labute approximate surface area is 55.9 Å². The zero-order valence-electron chi connectivity index (χ0n) is 5.78. The van der Waals surface area contributed by atoms with E-state index >= 15 is 0 Å². The van der Waals surface area contributed by atoms with Gasteiger partial charge in [0, 0.05) is 5.54 Å². The fourth-order valence-electron chi connectivity index (χ4n) is 1.14. The van der Waals surface area contributed by atoms with Gasteiger partial charge in [-0.15, -0.1) is 0 Å². The van der Waals surface area contributed by atoms with Crippen molar-refractivity contribution in [3.63, 3.8) is 0 Å². The highest BCUT2D eigenvalue weighted by molar-refractivity contribution is 4.93. The molecule has 1 fully saturated rings. The maximum atomic E-state index is 8.24. The maximum absolute atomic E-state index is 8.24. The lowest BCUT2D eigenvalue weighted by Crippen LogP contribution is -2.48. The van der Waals surface area contributed by atoms with E-state index in [1.165, 1.54) is 19.3 Å². The molecule has 0 heterocycles. The van der Waals surface area contributed by atoms with E-state index in [-0.39, 0.29) is 0 Å². The molecule has 0 saturated heterocycles. The van der Waals surface area contributed by atoms with Gasteiger partial charge in [0.2, 0.25) is 0 Å². The normalized spacial score (nSPS) is 22.2.